The topological polar surface area (TPSA) is 96.9 Å². The molecule has 3 N–H and O–H groups in total. The summed E-state index contributed by atoms with van der Waals surface area (Å²) in [5.41, 5.74) is 1.41. The number of esters is 1. The van der Waals surface area contributed by atoms with Gasteiger partial charge >= 0.3 is 5.97 Å². The molecule has 4 aromatic rings. The number of halogens is 4. The molecule has 0 unspecified atom stereocenters. The van der Waals surface area contributed by atoms with E-state index in [4.69, 9.17) is 21.1 Å². The number of rotatable bonds is 11. The highest BCUT2D eigenvalue weighted by molar-refractivity contribution is 6.30. The molecule has 45 heavy (non-hydrogen) atoms. The molecule has 0 radical (unpaired) electrons. The molecule has 0 aliphatic rings. The lowest BCUT2D eigenvalue weighted by atomic mass is 10.0. The van der Waals surface area contributed by atoms with Crippen molar-refractivity contribution < 1.29 is 37.3 Å². The van der Waals surface area contributed by atoms with Crippen LogP contribution in [0.3, 0.4) is 0 Å². The molecule has 0 aliphatic heterocycles. The first-order valence-electron chi connectivity index (χ1n) is 14.0. The van der Waals surface area contributed by atoms with Crippen molar-refractivity contribution in [3.8, 4) is 16.9 Å². The number of ether oxygens (including phenoxy) is 2. The Bertz CT molecular complexity index is 1710. The number of aliphatic hydroxyl groups excluding tert-OH is 1. The van der Waals surface area contributed by atoms with Gasteiger partial charge in [0.15, 0.2) is 11.6 Å². The maximum Gasteiger partial charge on any atom is 0.338 e. The number of anilines is 2. The third kappa shape index (κ3) is 9.23. The molecule has 0 fully saturated rings. The molecular formula is C34H32ClF3N2O5. The van der Waals surface area contributed by atoms with Crippen molar-refractivity contribution in [2.24, 2.45) is 0 Å². The van der Waals surface area contributed by atoms with Gasteiger partial charge in [-0.15, -0.1) is 0 Å². The fourth-order valence-electron chi connectivity index (χ4n) is 4.28. The summed E-state index contributed by atoms with van der Waals surface area (Å²) in [6, 6.07) is 16.8. The van der Waals surface area contributed by atoms with Crippen molar-refractivity contribution in [3.05, 3.63) is 112 Å². The fourth-order valence-corrected chi connectivity index (χ4v) is 4.44. The summed E-state index contributed by atoms with van der Waals surface area (Å²) < 4.78 is 54.6. The molecule has 1 amide bonds. The van der Waals surface area contributed by atoms with Gasteiger partial charge < -0.3 is 25.2 Å². The van der Waals surface area contributed by atoms with Crippen LogP contribution in [0.4, 0.5) is 24.5 Å². The SMILES string of the molecule is CC(C)(C)OC(=O)c1ccc(NC(=O)Cc2ccc(-c3ccc(F)c(OCc4ccc(Cl)cc4F)c3)cc2F)c(NCCO)c1. The van der Waals surface area contributed by atoms with Gasteiger partial charge in [0.05, 0.1) is 30.0 Å². The monoisotopic (exact) mass is 640 g/mol. The molecule has 7 nitrogen and oxygen atoms in total. The van der Waals surface area contributed by atoms with Crippen LogP contribution in [0.15, 0.2) is 72.8 Å². The molecule has 0 saturated heterocycles. The highest BCUT2D eigenvalue weighted by Gasteiger charge is 2.20. The second kappa shape index (κ2) is 14.5. The Morgan fingerprint density at radius 1 is 0.822 bits per heavy atom. The first-order chi connectivity index (χ1) is 21.3. The van der Waals surface area contributed by atoms with Gasteiger partial charge in [0.25, 0.3) is 0 Å². The van der Waals surface area contributed by atoms with Crippen molar-refractivity contribution in [1.82, 2.24) is 0 Å². The number of aliphatic hydroxyl groups is 1. The number of hydrogen-bond acceptors (Lipinski definition) is 6. The zero-order valence-electron chi connectivity index (χ0n) is 24.8. The lowest BCUT2D eigenvalue weighted by Gasteiger charge is -2.20. The highest BCUT2D eigenvalue weighted by atomic mass is 35.5. The Balaban J connectivity index is 1.46. The molecular weight excluding hydrogens is 609 g/mol. The zero-order chi connectivity index (χ0) is 32.7. The molecule has 236 valence electrons. The Morgan fingerprint density at radius 3 is 2.20 bits per heavy atom. The predicted octanol–water partition coefficient (Wildman–Crippen LogP) is 7.54. The summed E-state index contributed by atoms with van der Waals surface area (Å²) in [5, 5.41) is 15.1. The van der Waals surface area contributed by atoms with Crippen LogP contribution in [0.2, 0.25) is 5.02 Å². The average molecular weight is 641 g/mol. The third-order valence-electron chi connectivity index (χ3n) is 6.42. The summed E-state index contributed by atoms with van der Waals surface area (Å²) in [6.07, 6.45) is -0.302. The third-order valence-corrected chi connectivity index (χ3v) is 6.66. The van der Waals surface area contributed by atoms with E-state index in [9.17, 15) is 23.5 Å². The first-order valence-corrected chi connectivity index (χ1v) is 14.4. The van der Waals surface area contributed by atoms with Gasteiger partial charge in [-0.2, -0.15) is 0 Å². The molecule has 4 rings (SSSR count). The lowest BCUT2D eigenvalue weighted by Crippen LogP contribution is -2.24. The normalized spacial score (nSPS) is 11.2. The minimum Gasteiger partial charge on any atom is -0.486 e. The number of hydrogen-bond donors (Lipinski definition) is 3. The van der Waals surface area contributed by atoms with E-state index in [2.05, 4.69) is 10.6 Å². The second-order valence-electron chi connectivity index (χ2n) is 11.1. The van der Waals surface area contributed by atoms with Gasteiger partial charge in [0.2, 0.25) is 5.91 Å². The molecule has 0 atom stereocenters. The smallest absolute Gasteiger partial charge is 0.338 e. The Kier molecular flexibility index (Phi) is 10.7. The van der Waals surface area contributed by atoms with Crippen molar-refractivity contribution in [1.29, 1.82) is 0 Å². The Labute approximate surface area is 263 Å². The minimum atomic E-state index is -0.701. The molecule has 0 heterocycles. The van der Waals surface area contributed by atoms with Crippen LogP contribution in [-0.2, 0) is 22.6 Å². The Morgan fingerprint density at radius 2 is 1.51 bits per heavy atom. The van der Waals surface area contributed by atoms with Crippen LogP contribution < -0.4 is 15.4 Å². The van der Waals surface area contributed by atoms with Crippen molar-refractivity contribution in [2.45, 2.75) is 39.4 Å². The number of benzene rings is 4. The van der Waals surface area contributed by atoms with Crippen molar-refractivity contribution in [3.63, 3.8) is 0 Å². The van der Waals surface area contributed by atoms with Gasteiger partial charge in [0.1, 0.15) is 23.8 Å². The summed E-state index contributed by atoms with van der Waals surface area (Å²) in [4.78, 5) is 25.4. The van der Waals surface area contributed by atoms with Crippen molar-refractivity contribution >= 4 is 34.9 Å². The molecule has 0 aliphatic carbocycles. The summed E-state index contributed by atoms with van der Waals surface area (Å²) in [5.74, 6) is -3.13. The van der Waals surface area contributed by atoms with E-state index in [0.29, 0.717) is 22.5 Å². The van der Waals surface area contributed by atoms with Crippen LogP contribution in [0.25, 0.3) is 11.1 Å². The molecule has 0 saturated carbocycles. The van der Waals surface area contributed by atoms with Crippen molar-refractivity contribution in [2.75, 3.05) is 23.8 Å². The van der Waals surface area contributed by atoms with E-state index in [1.54, 1.807) is 26.8 Å². The minimum absolute atomic E-state index is 0.114. The lowest BCUT2D eigenvalue weighted by molar-refractivity contribution is -0.115. The predicted molar refractivity (Wildman–Crippen MR) is 167 cm³/mol. The van der Waals surface area contributed by atoms with E-state index in [1.807, 2.05) is 0 Å². The van der Waals surface area contributed by atoms with E-state index in [1.165, 1.54) is 60.7 Å². The number of carbonyl (C=O) groups excluding carboxylic acids is 2. The van der Waals surface area contributed by atoms with E-state index < -0.39 is 34.9 Å². The van der Waals surface area contributed by atoms with E-state index in [-0.39, 0.29) is 53.6 Å². The maximum absolute atomic E-state index is 15.2. The largest absolute Gasteiger partial charge is 0.486 e. The molecule has 11 heteroatoms. The molecule has 0 aromatic heterocycles. The first kappa shape index (κ1) is 33.4. The number of carbonyl (C=O) groups is 2. The summed E-state index contributed by atoms with van der Waals surface area (Å²) in [7, 11) is 0. The Hall–Kier alpha value is -4.54. The van der Waals surface area contributed by atoms with E-state index in [0.717, 1.165) is 6.07 Å². The van der Waals surface area contributed by atoms with Crippen LogP contribution in [-0.4, -0.2) is 35.7 Å². The van der Waals surface area contributed by atoms with Crippen LogP contribution in [0, 0.1) is 17.5 Å². The van der Waals surface area contributed by atoms with Gasteiger partial charge in [-0.25, -0.2) is 18.0 Å². The quantitative estimate of drug-likeness (QED) is 0.147. The van der Waals surface area contributed by atoms with Gasteiger partial charge in [-0.05, 0) is 86.0 Å². The van der Waals surface area contributed by atoms with Crippen LogP contribution >= 0.6 is 11.6 Å². The maximum atomic E-state index is 15.2. The van der Waals surface area contributed by atoms with E-state index >= 15 is 4.39 Å². The zero-order valence-corrected chi connectivity index (χ0v) is 25.6. The van der Waals surface area contributed by atoms with Gasteiger partial charge in [-0.1, -0.05) is 35.9 Å². The average Bonchev–Trinajstić information content (AvgIpc) is 2.97. The molecule has 4 aromatic carbocycles. The second-order valence-corrected chi connectivity index (χ2v) is 11.5. The van der Waals surface area contributed by atoms with Crippen LogP contribution in [0.1, 0.15) is 42.3 Å². The summed E-state index contributed by atoms with van der Waals surface area (Å²) >= 11 is 5.77. The highest BCUT2D eigenvalue weighted by Crippen LogP contribution is 2.30. The van der Waals surface area contributed by atoms with Crippen LogP contribution in [0.5, 0.6) is 5.75 Å². The standard InChI is InChI=1S/C34H32ClF3N2O5/c1-34(2,3)45-33(43)23-8-11-29(30(15-23)39-12-13-41)40-32(42)17-22-5-4-20(14-27(22)37)21-7-10-26(36)31(16-21)44-19-24-6-9-25(35)18-28(24)38/h4-11,14-16,18,39,41H,12-13,17,19H2,1-3H3,(H,40,42). The van der Waals surface area contributed by atoms with Gasteiger partial charge in [0, 0.05) is 17.1 Å². The number of amides is 1. The molecule has 0 spiro atoms. The molecule has 0 bridgehead atoms. The number of nitrogens with one attached hydrogen (secondary N) is 2. The van der Waals surface area contributed by atoms with Gasteiger partial charge in [-0.3, -0.25) is 4.79 Å². The summed E-state index contributed by atoms with van der Waals surface area (Å²) in [6.45, 7) is 4.96. The fraction of sp³-hybridized carbons (Fsp3) is 0.235.